The Morgan fingerprint density at radius 3 is 2.65 bits per heavy atom. The van der Waals surface area contributed by atoms with Crippen LogP contribution in [0.4, 0.5) is 10.1 Å². The van der Waals surface area contributed by atoms with Gasteiger partial charge in [-0.25, -0.2) is 9.37 Å². The number of hydrogen-bond donors (Lipinski definition) is 3. The highest BCUT2D eigenvalue weighted by Crippen LogP contribution is 2.15. The van der Waals surface area contributed by atoms with Gasteiger partial charge in [-0.1, -0.05) is 0 Å². The Morgan fingerprint density at radius 2 is 1.94 bits per heavy atom. The number of nitrogens with one attached hydrogen (secondary N) is 2. The van der Waals surface area contributed by atoms with E-state index in [4.69, 9.17) is 5.84 Å². The standard InChI is InChI=1S/C21H20FN7O2/c22-15-9-14-10-17(20(30)27-19(14)26-11-15)18(28-23)12-25-16-3-1-13(2-4-16)21(31)29-7-5-24-6-8-29/h1-4,9-12,24H,5-8,23H2,(H,26,27,30). The van der Waals surface area contributed by atoms with Crippen LogP contribution in [0.25, 0.3) is 11.0 Å². The number of carbonyl (C=O) groups is 1. The van der Waals surface area contributed by atoms with Crippen molar-refractivity contribution in [3.8, 4) is 0 Å². The van der Waals surface area contributed by atoms with Gasteiger partial charge in [-0.2, -0.15) is 5.10 Å². The summed E-state index contributed by atoms with van der Waals surface area (Å²) in [5, 5.41) is 7.25. The summed E-state index contributed by atoms with van der Waals surface area (Å²) in [6.45, 7) is 2.92. The number of aromatic amines is 1. The number of nitrogens with zero attached hydrogens (tertiary/aromatic N) is 4. The molecule has 1 saturated heterocycles. The SMILES string of the molecule is NN=C(C=Nc1ccc(C(=O)N2CCNCC2)cc1)c1cc2cc(F)cnc2[nH]c1=O. The highest BCUT2D eigenvalue weighted by molar-refractivity contribution is 6.38. The molecule has 4 N–H and O–H groups in total. The van der Waals surface area contributed by atoms with E-state index in [-0.39, 0.29) is 22.8 Å². The van der Waals surface area contributed by atoms with Crippen LogP contribution >= 0.6 is 0 Å². The first-order chi connectivity index (χ1) is 15.0. The monoisotopic (exact) mass is 421 g/mol. The number of pyridine rings is 2. The van der Waals surface area contributed by atoms with E-state index in [0.29, 0.717) is 29.7 Å². The van der Waals surface area contributed by atoms with Crippen LogP contribution in [0.15, 0.2) is 57.5 Å². The normalized spacial score (nSPS) is 15.0. The Hall–Kier alpha value is -3.92. The van der Waals surface area contributed by atoms with Crippen LogP contribution in [0.1, 0.15) is 15.9 Å². The second-order valence-corrected chi connectivity index (χ2v) is 6.97. The average Bonchev–Trinajstić information content (AvgIpc) is 2.80. The molecular formula is C21H20FN7O2. The lowest BCUT2D eigenvalue weighted by molar-refractivity contribution is 0.0736. The summed E-state index contributed by atoms with van der Waals surface area (Å²) in [6, 6.07) is 9.51. The summed E-state index contributed by atoms with van der Waals surface area (Å²) in [5.41, 5.74) is 1.18. The maximum Gasteiger partial charge on any atom is 0.259 e. The number of carbonyl (C=O) groups excluding carboxylic acids is 1. The lowest BCUT2D eigenvalue weighted by Crippen LogP contribution is -2.46. The quantitative estimate of drug-likeness (QED) is 0.331. The molecule has 1 aromatic carbocycles. The molecule has 0 aliphatic carbocycles. The van der Waals surface area contributed by atoms with Crippen molar-refractivity contribution in [2.45, 2.75) is 0 Å². The molecule has 1 aliphatic rings. The Bertz CT molecular complexity index is 1230. The van der Waals surface area contributed by atoms with Gasteiger partial charge in [0.05, 0.1) is 23.7 Å². The van der Waals surface area contributed by atoms with Crippen molar-refractivity contribution in [3.63, 3.8) is 0 Å². The van der Waals surface area contributed by atoms with Gasteiger partial charge >= 0.3 is 0 Å². The third-order valence-corrected chi connectivity index (χ3v) is 4.93. The summed E-state index contributed by atoms with van der Waals surface area (Å²) >= 11 is 0. The predicted molar refractivity (Wildman–Crippen MR) is 116 cm³/mol. The number of piperazine rings is 1. The number of halogens is 1. The number of hydrazone groups is 1. The molecule has 1 fully saturated rings. The number of benzene rings is 1. The number of aromatic nitrogens is 2. The first kappa shape index (κ1) is 20.4. The second-order valence-electron chi connectivity index (χ2n) is 6.97. The maximum absolute atomic E-state index is 13.5. The van der Waals surface area contributed by atoms with Crippen molar-refractivity contribution >= 4 is 34.6 Å². The zero-order valence-corrected chi connectivity index (χ0v) is 16.5. The Balaban J connectivity index is 1.54. The Kier molecular flexibility index (Phi) is 5.80. The number of hydrogen-bond acceptors (Lipinski definition) is 7. The number of aliphatic imine (C=N–C) groups is 1. The molecule has 158 valence electrons. The fourth-order valence-corrected chi connectivity index (χ4v) is 3.30. The third-order valence-electron chi connectivity index (χ3n) is 4.93. The fourth-order valence-electron chi connectivity index (χ4n) is 3.30. The Morgan fingerprint density at radius 1 is 1.19 bits per heavy atom. The summed E-state index contributed by atoms with van der Waals surface area (Å²) < 4.78 is 13.5. The van der Waals surface area contributed by atoms with Gasteiger partial charge in [0.25, 0.3) is 11.5 Å². The molecule has 0 radical (unpaired) electrons. The number of amides is 1. The molecule has 0 atom stereocenters. The average molecular weight is 421 g/mol. The van der Waals surface area contributed by atoms with Gasteiger partial charge in [0.15, 0.2) is 0 Å². The fraction of sp³-hybridized carbons (Fsp3) is 0.190. The van der Waals surface area contributed by atoms with E-state index in [9.17, 15) is 14.0 Å². The smallest absolute Gasteiger partial charge is 0.259 e. The van der Waals surface area contributed by atoms with Crippen molar-refractivity contribution in [1.82, 2.24) is 20.2 Å². The molecule has 0 bridgehead atoms. The highest BCUT2D eigenvalue weighted by atomic mass is 19.1. The van der Waals surface area contributed by atoms with Crippen molar-refractivity contribution in [2.24, 2.45) is 15.9 Å². The van der Waals surface area contributed by atoms with Gasteiger partial charge in [-0.15, -0.1) is 0 Å². The first-order valence-electron chi connectivity index (χ1n) is 9.66. The molecule has 0 spiro atoms. The molecule has 31 heavy (non-hydrogen) atoms. The lowest BCUT2D eigenvalue weighted by atomic mass is 10.1. The van der Waals surface area contributed by atoms with Gasteiger partial charge in [-0.05, 0) is 36.4 Å². The van der Waals surface area contributed by atoms with E-state index >= 15 is 0 Å². The van der Waals surface area contributed by atoms with Crippen LogP contribution in [0.5, 0.6) is 0 Å². The summed E-state index contributed by atoms with van der Waals surface area (Å²) in [4.78, 5) is 37.4. The molecular weight excluding hydrogens is 401 g/mol. The molecule has 0 saturated carbocycles. The molecule has 9 nitrogen and oxygen atoms in total. The number of fused-ring (bicyclic) bond motifs is 1. The molecule has 1 amide bonds. The zero-order valence-electron chi connectivity index (χ0n) is 16.5. The van der Waals surface area contributed by atoms with Crippen LogP contribution in [-0.2, 0) is 0 Å². The second kappa shape index (κ2) is 8.84. The van der Waals surface area contributed by atoms with Crippen LogP contribution in [0.3, 0.4) is 0 Å². The predicted octanol–water partition coefficient (Wildman–Crippen LogP) is 1.17. The molecule has 3 aromatic rings. The molecule has 4 rings (SSSR count). The molecule has 2 aromatic heterocycles. The molecule has 0 unspecified atom stereocenters. The molecule has 1 aliphatic heterocycles. The number of nitrogens with two attached hydrogens (primary N) is 1. The molecule has 10 heteroatoms. The minimum absolute atomic E-state index is 0.0234. The largest absolute Gasteiger partial charge is 0.336 e. The molecule has 3 heterocycles. The van der Waals surface area contributed by atoms with Crippen molar-refractivity contribution in [1.29, 1.82) is 0 Å². The number of H-pyrrole nitrogens is 1. The Labute approximate surface area is 176 Å². The van der Waals surface area contributed by atoms with E-state index in [1.807, 2.05) is 0 Å². The topological polar surface area (TPSA) is 129 Å². The van der Waals surface area contributed by atoms with Gasteiger partial charge in [0.1, 0.15) is 17.2 Å². The minimum Gasteiger partial charge on any atom is -0.336 e. The summed E-state index contributed by atoms with van der Waals surface area (Å²) in [7, 11) is 0. The van der Waals surface area contributed by atoms with Gasteiger partial charge in [0.2, 0.25) is 0 Å². The van der Waals surface area contributed by atoms with Crippen LogP contribution < -0.4 is 16.7 Å². The first-order valence-corrected chi connectivity index (χ1v) is 9.66. The van der Waals surface area contributed by atoms with Crippen LogP contribution in [0.2, 0.25) is 0 Å². The zero-order chi connectivity index (χ0) is 21.8. The minimum atomic E-state index is -0.527. The lowest BCUT2D eigenvalue weighted by Gasteiger charge is -2.27. The van der Waals surface area contributed by atoms with E-state index in [0.717, 1.165) is 19.3 Å². The van der Waals surface area contributed by atoms with Crippen molar-refractivity contribution < 1.29 is 9.18 Å². The van der Waals surface area contributed by atoms with E-state index in [2.05, 4.69) is 25.4 Å². The number of rotatable bonds is 4. The van der Waals surface area contributed by atoms with E-state index in [1.54, 1.807) is 29.2 Å². The van der Waals surface area contributed by atoms with Crippen molar-refractivity contribution in [2.75, 3.05) is 26.2 Å². The summed E-state index contributed by atoms with van der Waals surface area (Å²) in [5.74, 6) is 4.91. The van der Waals surface area contributed by atoms with Crippen LogP contribution in [-0.4, -0.2) is 58.9 Å². The van der Waals surface area contributed by atoms with Crippen LogP contribution in [0, 0.1) is 5.82 Å². The van der Waals surface area contributed by atoms with Crippen molar-refractivity contribution in [3.05, 3.63) is 69.9 Å². The van der Waals surface area contributed by atoms with Gasteiger partial charge < -0.3 is 21.0 Å². The summed E-state index contributed by atoms with van der Waals surface area (Å²) in [6.07, 6.45) is 2.37. The van der Waals surface area contributed by atoms with E-state index < -0.39 is 11.4 Å². The van der Waals surface area contributed by atoms with Gasteiger partial charge in [0, 0.05) is 37.1 Å². The van der Waals surface area contributed by atoms with Gasteiger partial charge in [-0.3, -0.25) is 14.6 Å². The maximum atomic E-state index is 13.5. The highest BCUT2D eigenvalue weighted by Gasteiger charge is 2.17. The third kappa shape index (κ3) is 4.48. The van der Waals surface area contributed by atoms with E-state index in [1.165, 1.54) is 18.3 Å².